The van der Waals surface area contributed by atoms with Crippen molar-refractivity contribution in [3.05, 3.63) is 63.6 Å². The quantitative estimate of drug-likeness (QED) is 0.379. The third-order valence-electron chi connectivity index (χ3n) is 4.92. The number of aromatic amines is 2. The maximum atomic E-state index is 13.1. The molecule has 7 nitrogen and oxygen atoms in total. The highest BCUT2D eigenvalue weighted by atomic mass is 32.2. The number of ether oxygens (including phenoxy) is 1. The summed E-state index contributed by atoms with van der Waals surface area (Å²) in [4.78, 5) is 25.2. The van der Waals surface area contributed by atoms with Crippen molar-refractivity contribution in [3.63, 3.8) is 0 Å². The van der Waals surface area contributed by atoms with Crippen LogP contribution < -0.4 is 10.3 Å². The van der Waals surface area contributed by atoms with E-state index >= 15 is 0 Å². The summed E-state index contributed by atoms with van der Waals surface area (Å²) in [5.41, 5.74) is 5.30. The van der Waals surface area contributed by atoms with Gasteiger partial charge in [-0.3, -0.25) is 14.9 Å². The van der Waals surface area contributed by atoms with Gasteiger partial charge < -0.3 is 9.72 Å². The van der Waals surface area contributed by atoms with Crippen LogP contribution >= 0.6 is 11.8 Å². The van der Waals surface area contributed by atoms with Gasteiger partial charge in [-0.15, -0.1) is 0 Å². The van der Waals surface area contributed by atoms with Crippen LogP contribution in [0, 0.1) is 6.92 Å². The molecule has 1 aromatic carbocycles. The highest BCUT2D eigenvalue weighted by molar-refractivity contribution is 7.98. The third kappa shape index (κ3) is 5.05. The molecule has 0 saturated carbocycles. The normalized spacial score (nSPS) is 11.8. The van der Waals surface area contributed by atoms with Crippen molar-refractivity contribution >= 4 is 17.5 Å². The summed E-state index contributed by atoms with van der Waals surface area (Å²) in [5.74, 6) is 2.50. The van der Waals surface area contributed by atoms with Gasteiger partial charge in [-0.25, -0.2) is 9.67 Å². The fraction of sp³-hybridized carbons (Fsp3) is 0.409. The van der Waals surface area contributed by atoms with Gasteiger partial charge in [0.25, 0.3) is 5.56 Å². The number of thioether (sulfide) groups is 1. The smallest absolute Gasteiger partial charge is 0.280 e. The standard InChI is InChI=1S/C22H29N5O2S/c1-5-6-19-21(16(3)23-11-12-30-13-20-15(2)24-14-25-20)22(28)27(26-19)17-7-9-18(29-4)10-8-17/h7-10,14,26H,5-6,11-13H2,1-4H3,(H,24,25). The molecular weight excluding hydrogens is 398 g/mol. The van der Waals surface area contributed by atoms with Crippen LogP contribution in [-0.2, 0) is 12.2 Å². The molecule has 0 aliphatic heterocycles. The zero-order valence-electron chi connectivity index (χ0n) is 18.0. The van der Waals surface area contributed by atoms with Crippen LogP contribution in [-0.4, -0.2) is 44.9 Å². The first-order valence-electron chi connectivity index (χ1n) is 10.1. The number of aliphatic imine (C=N–C) groups is 1. The molecule has 0 spiro atoms. The lowest BCUT2D eigenvalue weighted by Crippen LogP contribution is -2.20. The molecule has 2 N–H and O–H groups in total. The Balaban J connectivity index is 1.74. The first-order valence-corrected chi connectivity index (χ1v) is 11.3. The Labute approximate surface area is 181 Å². The Hall–Kier alpha value is -2.74. The summed E-state index contributed by atoms with van der Waals surface area (Å²) < 4.78 is 6.80. The van der Waals surface area contributed by atoms with Gasteiger partial charge in [0.1, 0.15) is 5.75 Å². The average molecular weight is 428 g/mol. The molecule has 30 heavy (non-hydrogen) atoms. The van der Waals surface area contributed by atoms with Crippen LogP contribution in [0.4, 0.5) is 0 Å². The summed E-state index contributed by atoms with van der Waals surface area (Å²) in [7, 11) is 1.63. The van der Waals surface area contributed by atoms with Crippen molar-refractivity contribution in [3.8, 4) is 11.4 Å². The first-order chi connectivity index (χ1) is 14.5. The molecule has 0 aliphatic rings. The summed E-state index contributed by atoms with van der Waals surface area (Å²) in [6.07, 6.45) is 3.47. The molecule has 0 aliphatic carbocycles. The lowest BCUT2D eigenvalue weighted by Gasteiger charge is -2.03. The van der Waals surface area contributed by atoms with Crippen molar-refractivity contribution in [2.24, 2.45) is 4.99 Å². The summed E-state index contributed by atoms with van der Waals surface area (Å²) >= 11 is 1.79. The van der Waals surface area contributed by atoms with Gasteiger partial charge >= 0.3 is 0 Å². The summed E-state index contributed by atoms with van der Waals surface area (Å²) in [5, 5.41) is 3.28. The van der Waals surface area contributed by atoms with Crippen molar-refractivity contribution in [2.45, 2.75) is 39.4 Å². The Kier molecular flexibility index (Phi) is 7.57. The Morgan fingerprint density at radius 3 is 2.70 bits per heavy atom. The molecule has 0 radical (unpaired) electrons. The Bertz CT molecular complexity index is 1050. The topological polar surface area (TPSA) is 88.1 Å². The molecule has 0 saturated heterocycles. The zero-order chi connectivity index (χ0) is 21.5. The van der Waals surface area contributed by atoms with E-state index in [1.807, 2.05) is 38.1 Å². The minimum absolute atomic E-state index is 0.0651. The second-order valence-corrected chi connectivity index (χ2v) is 8.15. The summed E-state index contributed by atoms with van der Waals surface area (Å²) in [6.45, 7) is 6.72. The molecule has 2 aromatic heterocycles. The lowest BCUT2D eigenvalue weighted by molar-refractivity contribution is 0.414. The number of aryl methyl sites for hydroxylation is 2. The van der Waals surface area contributed by atoms with E-state index in [9.17, 15) is 4.79 Å². The fourth-order valence-corrected chi connectivity index (χ4v) is 4.11. The van der Waals surface area contributed by atoms with Crippen LogP contribution in [0.3, 0.4) is 0 Å². The van der Waals surface area contributed by atoms with E-state index in [4.69, 9.17) is 4.74 Å². The van der Waals surface area contributed by atoms with Gasteiger partial charge in [-0.2, -0.15) is 11.8 Å². The van der Waals surface area contributed by atoms with Crippen LogP contribution in [0.15, 0.2) is 40.4 Å². The number of hydrogen-bond acceptors (Lipinski definition) is 5. The highest BCUT2D eigenvalue weighted by Crippen LogP contribution is 2.16. The van der Waals surface area contributed by atoms with E-state index in [2.05, 4.69) is 27.0 Å². The second kappa shape index (κ2) is 10.3. The Morgan fingerprint density at radius 1 is 1.30 bits per heavy atom. The van der Waals surface area contributed by atoms with Crippen molar-refractivity contribution in [1.82, 2.24) is 19.7 Å². The highest BCUT2D eigenvalue weighted by Gasteiger charge is 2.17. The molecule has 3 rings (SSSR count). The Morgan fingerprint density at radius 2 is 2.07 bits per heavy atom. The molecule has 0 amide bonds. The number of imidazole rings is 1. The molecule has 0 atom stereocenters. The molecule has 2 heterocycles. The number of methoxy groups -OCH3 is 1. The van der Waals surface area contributed by atoms with Gasteiger partial charge in [0, 0.05) is 35.2 Å². The number of aromatic nitrogens is 4. The van der Waals surface area contributed by atoms with E-state index in [-0.39, 0.29) is 5.56 Å². The van der Waals surface area contributed by atoms with Crippen molar-refractivity contribution < 1.29 is 4.74 Å². The number of rotatable bonds is 10. The predicted octanol–water partition coefficient (Wildman–Crippen LogP) is 3.90. The van der Waals surface area contributed by atoms with Gasteiger partial charge in [0.2, 0.25) is 0 Å². The fourth-order valence-electron chi connectivity index (χ4n) is 3.26. The zero-order valence-corrected chi connectivity index (χ0v) is 18.8. The molecule has 3 aromatic rings. The monoisotopic (exact) mass is 427 g/mol. The SMILES string of the molecule is CCCc1[nH]n(-c2ccc(OC)cc2)c(=O)c1C(C)=NCCSCc1nc[nH]c1C. The maximum absolute atomic E-state index is 13.1. The predicted molar refractivity (Wildman–Crippen MR) is 124 cm³/mol. The molecule has 0 bridgehead atoms. The van der Waals surface area contributed by atoms with Gasteiger partial charge in [0.05, 0.1) is 30.4 Å². The van der Waals surface area contributed by atoms with E-state index in [1.54, 1.807) is 29.9 Å². The first kappa shape index (κ1) is 22.0. The van der Waals surface area contributed by atoms with Crippen LogP contribution in [0.1, 0.15) is 42.9 Å². The number of benzene rings is 1. The van der Waals surface area contributed by atoms with Crippen LogP contribution in [0.25, 0.3) is 5.69 Å². The molecule has 0 unspecified atom stereocenters. The largest absolute Gasteiger partial charge is 0.497 e. The van der Waals surface area contributed by atoms with E-state index < -0.39 is 0 Å². The van der Waals surface area contributed by atoms with E-state index in [1.165, 1.54) is 0 Å². The number of nitrogens with one attached hydrogen (secondary N) is 2. The number of hydrogen-bond donors (Lipinski definition) is 2. The molecule has 0 fully saturated rings. The minimum atomic E-state index is -0.0651. The van der Waals surface area contributed by atoms with Crippen molar-refractivity contribution in [1.29, 1.82) is 0 Å². The second-order valence-electron chi connectivity index (χ2n) is 7.05. The van der Waals surface area contributed by atoms with E-state index in [0.29, 0.717) is 12.1 Å². The van der Waals surface area contributed by atoms with Gasteiger partial charge in [0.15, 0.2) is 0 Å². The molecule has 160 valence electrons. The van der Waals surface area contributed by atoms with Crippen LogP contribution in [0.5, 0.6) is 5.75 Å². The average Bonchev–Trinajstić information content (AvgIpc) is 3.30. The van der Waals surface area contributed by atoms with Gasteiger partial charge in [-0.1, -0.05) is 13.3 Å². The van der Waals surface area contributed by atoms with Crippen LogP contribution in [0.2, 0.25) is 0 Å². The van der Waals surface area contributed by atoms with Crippen molar-refractivity contribution in [2.75, 3.05) is 19.4 Å². The third-order valence-corrected chi connectivity index (χ3v) is 5.86. The molecular formula is C22H29N5O2S. The molecule has 8 heteroatoms. The number of nitrogens with zero attached hydrogens (tertiary/aromatic N) is 3. The number of H-pyrrole nitrogens is 2. The summed E-state index contributed by atoms with van der Waals surface area (Å²) in [6, 6.07) is 7.44. The van der Waals surface area contributed by atoms with E-state index in [0.717, 1.165) is 58.6 Å². The minimum Gasteiger partial charge on any atom is -0.497 e. The van der Waals surface area contributed by atoms with Gasteiger partial charge in [-0.05, 0) is 44.5 Å². The maximum Gasteiger partial charge on any atom is 0.280 e. The lowest BCUT2D eigenvalue weighted by atomic mass is 10.1.